The minimum absolute atomic E-state index is 0.496. The van der Waals surface area contributed by atoms with Crippen LogP contribution in [-0.2, 0) is 6.42 Å². The number of rotatable bonds is 4. The molecule has 3 heteroatoms. The van der Waals surface area contributed by atoms with Gasteiger partial charge in [-0.15, -0.1) is 0 Å². The topological polar surface area (TPSA) is 42.6 Å². The average Bonchev–Trinajstić information content (AvgIpc) is 2.93. The number of furan rings is 1. The summed E-state index contributed by atoms with van der Waals surface area (Å²) in [4.78, 5) is 0. The molecule has 1 heterocycles. The summed E-state index contributed by atoms with van der Waals surface area (Å²) in [6.45, 7) is 2.00. The Morgan fingerprint density at radius 1 is 1.14 bits per heavy atom. The van der Waals surface area contributed by atoms with Gasteiger partial charge in [-0.2, -0.15) is 0 Å². The molecule has 3 rings (SSSR count). The lowest BCUT2D eigenvalue weighted by Crippen LogP contribution is -2.00. The smallest absolute Gasteiger partial charge is 0.137 e. The van der Waals surface area contributed by atoms with E-state index >= 15 is 0 Å². The van der Waals surface area contributed by atoms with Gasteiger partial charge in [0.2, 0.25) is 0 Å². The third kappa shape index (κ3) is 2.78. The van der Waals surface area contributed by atoms with Gasteiger partial charge in [0.1, 0.15) is 23.2 Å². The zero-order valence-corrected chi connectivity index (χ0v) is 12.2. The Bertz CT molecular complexity index is 758. The molecule has 0 amide bonds. The fraction of sp³-hybridized carbons (Fsp3) is 0.222. The van der Waals surface area contributed by atoms with Gasteiger partial charge in [-0.3, -0.25) is 0 Å². The number of benzene rings is 2. The molecule has 1 aromatic heterocycles. The first-order valence-electron chi connectivity index (χ1n) is 6.97. The normalized spacial score (nSPS) is 12.5. The van der Waals surface area contributed by atoms with E-state index in [1.54, 1.807) is 7.11 Å². The van der Waals surface area contributed by atoms with E-state index < -0.39 is 6.10 Å². The van der Waals surface area contributed by atoms with Gasteiger partial charge < -0.3 is 14.3 Å². The van der Waals surface area contributed by atoms with Gasteiger partial charge in [-0.1, -0.05) is 30.3 Å². The number of aliphatic hydroxyl groups is 1. The summed E-state index contributed by atoms with van der Waals surface area (Å²) in [5, 5.41) is 11.4. The summed E-state index contributed by atoms with van der Waals surface area (Å²) in [5.74, 6) is 1.39. The summed E-state index contributed by atoms with van der Waals surface area (Å²) in [6, 6.07) is 15.6. The van der Waals surface area contributed by atoms with Crippen LogP contribution in [-0.4, -0.2) is 12.2 Å². The molecule has 0 saturated carbocycles. The second kappa shape index (κ2) is 5.62. The molecule has 2 aromatic carbocycles. The maximum atomic E-state index is 10.4. The molecule has 1 unspecified atom stereocenters. The summed E-state index contributed by atoms with van der Waals surface area (Å²) >= 11 is 0. The van der Waals surface area contributed by atoms with Crippen molar-refractivity contribution in [1.29, 1.82) is 0 Å². The van der Waals surface area contributed by atoms with Crippen LogP contribution in [0.3, 0.4) is 0 Å². The van der Waals surface area contributed by atoms with Crippen molar-refractivity contribution in [2.24, 2.45) is 0 Å². The van der Waals surface area contributed by atoms with Crippen molar-refractivity contribution in [3.8, 4) is 5.75 Å². The Labute approximate surface area is 123 Å². The first-order valence-corrected chi connectivity index (χ1v) is 6.97. The van der Waals surface area contributed by atoms with E-state index in [-0.39, 0.29) is 0 Å². The van der Waals surface area contributed by atoms with E-state index in [4.69, 9.17) is 9.15 Å². The van der Waals surface area contributed by atoms with Crippen molar-refractivity contribution >= 4 is 11.0 Å². The molecule has 3 aromatic rings. The van der Waals surface area contributed by atoms with Gasteiger partial charge >= 0.3 is 0 Å². The zero-order valence-electron chi connectivity index (χ0n) is 12.2. The third-order valence-electron chi connectivity index (χ3n) is 3.65. The molecular formula is C18H18O3. The molecular weight excluding hydrogens is 264 g/mol. The van der Waals surface area contributed by atoms with Crippen LogP contribution in [0.2, 0.25) is 0 Å². The zero-order chi connectivity index (χ0) is 14.8. The summed E-state index contributed by atoms with van der Waals surface area (Å²) in [5.41, 5.74) is 2.93. The first kappa shape index (κ1) is 13.7. The van der Waals surface area contributed by atoms with Crippen molar-refractivity contribution in [3.63, 3.8) is 0 Å². The molecule has 21 heavy (non-hydrogen) atoms. The highest BCUT2D eigenvalue weighted by atomic mass is 16.5. The van der Waals surface area contributed by atoms with Gasteiger partial charge in [0.15, 0.2) is 0 Å². The number of ether oxygens (including phenoxy) is 1. The van der Waals surface area contributed by atoms with Crippen LogP contribution < -0.4 is 4.74 Å². The number of aryl methyl sites for hydroxylation is 1. The number of hydrogen-bond acceptors (Lipinski definition) is 3. The molecule has 0 spiro atoms. The monoisotopic (exact) mass is 282 g/mol. The van der Waals surface area contributed by atoms with E-state index in [1.165, 1.54) is 0 Å². The van der Waals surface area contributed by atoms with Crippen LogP contribution in [0.1, 0.15) is 23.0 Å². The second-order valence-electron chi connectivity index (χ2n) is 5.21. The van der Waals surface area contributed by atoms with Gasteiger partial charge in [0, 0.05) is 11.8 Å². The minimum Gasteiger partial charge on any atom is -0.497 e. The van der Waals surface area contributed by atoms with Crippen LogP contribution in [0.4, 0.5) is 0 Å². The van der Waals surface area contributed by atoms with Crippen LogP contribution in [0.15, 0.2) is 52.9 Å². The highest BCUT2D eigenvalue weighted by Crippen LogP contribution is 2.28. The van der Waals surface area contributed by atoms with Crippen molar-refractivity contribution < 1.29 is 14.3 Å². The van der Waals surface area contributed by atoms with Crippen molar-refractivity contribution in [3.05, 3.63) is 65.4 Å². The van der Waals surface area contributed by atoms with E-state index in [2.05, 4.69) is 0 Å². The standard InChI is InChI=1S/C18H18O3/c1-12-5-3-7-14-11-17(21-18(12)14)16(19)10-13-6-4-8-15(9-13)20-2/h3-9,11,16,19H,10H2,1-2H3. The molecule has 0 aliphatic rings. The van der Waals surface area contributed by atoms with Gasteiger partial charge in [0.05, 0.1) is 7.11 Å². The predicted molar refractivity (Wildman–Crippen MR) is 82.6 cm³/mol. The maximum absolute atomic E-state index is 10.4. The van der Waals surface area contributed by atoms with E-state index in [1.807, 2.05) is 55.5 Å². The number of fused-ring (bicyclic) bond motifs is 1. The highest BCUT2D eigenvalue weighted by Gasteiger charge is 2.15. The second-order valence-corrected chi connectivity index (χ2v) is 5.21. The molecule has 0 aliphatic heterocycles. The molecule has 1 N–H and O–H groups in total. The lowest BCUT2D eigenvalue weighted by atomic mass is 10.1. The summed E-state index contributed by atoms with van der Waals surface area (Å²) in [7, 11) is 1.64. The molecule has 3 nitrogen and oxygen atoms in total. The number of para-hydroxylation sites is 1. The Hall–Kier alpha value is -2.26. The SMILES string of the molecule is COc1cccc(CC(O)c2cc3cccc(C)c3o2)c1. The maximum Gasteiger partial charge on any atom is 0.137 e. The van der Waals surface area contributed by atoms with Gasteiger partial charge in [0.25, 0.3) is 0 Å². The van der Waals surface area contributed by atoms with Gasteiger partial charge in [-0.25, -0.2) is 0 Å². The number of methoxy groups -OCH3 is 1. The molecule has 0 radical (unpaired) electrons. The van der Waals surface area contributed by atoms with Crippen LogP contribution >= 0.6 is 0 Å². The largest absolute Gasteiger partial charge is 0.497 e. The molecule has 0 aliphatic carbocycles. The van der Waals surface area contributed by atoms with Crippen molar-refractivity contribution in [2.45, 2.75) is 19.4 Å². The quantitative estimate of drug-likeness (QED) is 0.785. The van der Waals surface area contributed by atoms with Crippen molar-refractivity contribution in [2.75, 3.05) is 7.11 Å². The van der Waals surface area contributed by atoms with Crippen LogP contribution in [0.25, 0.3) is 11.0 Å². The average molecular weight is 282 g/mol. The lowest BCUT2D eigenvalue weighted by molar-refractivity contribution is 0.152. The summed E-state index contributed by atoms with van der Waals surface area (Å²) in [6.07, 6.45) is -0.167. The molecule has 0 saturated heterocycles. The Kier molecular flexibility index (Phi) is 3.67. The number of aliphatic hydroxyl groups excluding tert-OH is 1. The molecule has 1 atom stereocenters. The van der Waals surface area contributed by atoms with E-state index in [0.717, 1.165) is 27.8 Å². The van der Waals surface area contributed by atoms with Crippen LogP contribution in [0.5, 0.6) is 5.75 Å². The first-order chi connectivity index (χ1) is 10.2. The Morgan fingerprint density at radius 3 is 2.71 bits per heavy atom. The lowest BCUT2D eigenvalue weighted by Gasteiger charge is -2.09. The van der Waals surface area contributed by atoms with E-state index in [9.17, 15) is 5.11 Å². The highest BCUT2D eigenvalue weighted by molar-refractivity contribution is 5.80. The Morgan fingerprint density at radius 2 is 1.95 bits per heavy atom. The minimum atomic E-state index is -0.663. The van der Waals surface area contributed by atoms with E-state index in [0.29, 0.717) is 12.2 Å². The summed E-state index contributed by atoms with van der Waals surface area (Å²) < 4.78 is 11.0. The molecule has 0 fully saturated rings. The van der Waals surface area contributed by atoms with Crippen LogP contribution in [0, 0.1) is 6.92 Å². The predicted octanol–water partition coefficient (Wildman–Crippen LogP) is 4.03. The molecule has 0 bridgehead atoms. The fourth-order valence-electron chi connectivity index (χ4n) is 2.52. The van der Waals surface area contributed by atoms with Gasteiger partial charge in [-0.05, 0) is 36.2 Å². The fourth-order valence-corrected chi connectivity index (χ4v) is 2.52. The third-order valence-corrected chi connectivity index (χ3v) is 3.65. The van der Waals surface area contributed by atoms with Crippen molar-refractivity contribution in [1.82, 2.24) is 0 Å². The molecule has 108 valence electrons. The number of hydrogen-bond donors (Lipinski definition) is 1. The Balaban J connectivity index is 1.86.